The Balaban J connectivity index is 1.62. The fourth-order valence-corrected chi connectivity index (χ4v) is 5.36. The Bertz CT molecular complexity index is 1040. The lowest BCUT2D eigenvalue weighted by atomic mass is 9.66. The van der Waals surface area contributed by atoms with Crippen molar-refractivity contribution in [3.05, 3.63) is 63.6 Å². The van der Waals surface area contributed by atoms with Gasteiger partial charge >= 0.3 is 5.97 Å². The largest absolute Gasteiger partial charge is 0.489 e. The summed E-state index contributed by atoms with van der Waals surface area (Å²) in [7, 11) is 1.66. The highest BCUT2D eigenvalue weighted by Crippen LogP contribution is 2.56. The summed E-state index contributed by atoms with van der Waals surface area (Å²) in [6, 6.07) is 11.4. The number of nitrogens with one attached hydrogen (secondary N) is 1. The number of benzene rings is 2. The summed E-state index contributed by atoms with van der Waals surface area (Å²) < 4.78 is 11.2. The number of methoxy groups -OCH3 is 1. The number of ether oxygens (including phenoxy) is 2. The third kappa shape index (κ3) is 6.11. The molecule has 2 aromatic carbocycles. The molecule has 8 heteroatoms. The summed E-state index contributed by atoms with van der Waals surface area (Å²) in [5.74, 6) is -0.969. The van der Waals surface area contributed by atoms with Gasteiger partial charge < -0.3 is 19.9 Å². The van der Waals surface area contributed by atoms with Crippen molar-refractivity contribution >= 4 is 35.1 Å². The Morgan fingerprint density at radius 3 is 2.31 bits per heavy atom. The molecule has 0 bridgehead atoms. The maximum absolute atomic E-state index is 13.1. The summed E-state index contributed by atoms with van der Waals surface area (Å²) in [6.45, 7) is 7.02. The smallest absolute Gasteiger partial charge is 0.326 e. The van der Waals surface area contributed by atoms with Crippen molar-refractivity contribution < 1.29 is 24.2 Å². The first-order valence-electron chi connectivity index (χ1n) is 11.7. The van der Waals surface area contributed by atoms with Crippen molar-refractivity contribution in [3.63, 3.8) is 0 Å². The number of carboxylic acids is 1. The van der Waals surface area contributed by atoms with Crippen molar-refractivity contribution in [2.24, 2.45) is 16.7 Å². The second-order valence-electron chi connectivity index (χ2n) is 10.0. The van der Waals surface area contributed by atoms with Crippen LogP contribution >= 0.6 is 23.2 Å². The predicted octanol–water partition coefficient (Wildman–Crippen LogP) is 5.77. The lowest BCUT2D eigenvalue weighted by molar-refractivity contribution is -0.143. The molecule has 3 rings (SSSR count). The van der Waals surface area contributed by atoms with Crippen LogP contribution in [-0.4, -0.2) is 36.7 Å². The molecule has 1 aliphatic rings. The van der Waals surface area contributed by atoms with Gasteiger partial charge in [0.2, 0.25) is 5.91 Å². The van der Waals surface area contributed by atoms with Gasteiger partial charge in [0, 0.05) is 35.1 Å². The third-order valence-corrected chi connectivity index (χ3v) is 8.32. The van der Waals surface area contributed by atoms with E-state index in [4.69, 9.17) is 32.7 Å². The Kier molecular flexibility index (Phi) is 8.73. The fraction of sp³-hybridized carbons (Fsp3) is 0.481. The molecular weight excluding hydrogens is 489 g/mol. The first-order valence-corrected chi connectivity index (χ1v) is 12.4. The summed E-state index contributed by atoms with van der Waals surface area (Å²) in [5, 5.41) is 13.6. The lowest BCUT2D eigenvalue weighted by Gasteiger charge is -2.41. The van der Waals surface area contributed by atoms with Gasteiger partial charge in [0.15, 0.2) is 0 Å². The zero-order chi connectivity index (χ0) is 25.8. The predicted molar refractivity (Wildman–Crippen MR) is 137 cm³/mol. The topological polar surface area (TPSA) is 84.9 Å². The Morgan fingerprint density at radius 1 is 1.11 bits per heavy atom. The van der Waals surface area contributed by atoms with Crippen LogP contribution in [0.1, 0.15) is 44.7 Å². The van der Waals surface area contributed by atoms with Crippen LogP contribution in [0, 0.1) is 16.7 Å². The van der Waals surface area contributed by atoms with Gasteiger partial charge in [0.1, 0.15) is 18.4 Å². The van der Waals surface area contributed by atoms with Crippen LogP contribution in [0.25, 0.3) is 0 Å². The van der Waals surface area contributed by atoms with E-state index >= 15 is 0 Å². The molecule has 0 heterocycles. The van der Waals surface area contributed by atoms with Gasteiger partial charge in [-0.25, -0.2) is 4.79 Å². The fourth-order valence-electron chi connectivity index (χ4n) is 4.86. The molecule has 1 aliphatic carbocycles. The van der Waals surface area contributed by atoms with Crippen LogP contribution in [0.3, 0.4) is 0 Å². The highest BCUT2D eigenvalue weighted by molar-refractivity contribution is 6.35. The molecule has 1 saturated carbocycles. The first kappa shape index (κ1) is 27.3. The lowest BCUT2D eigenvalue weighted by Crippen LogP contribution is -2.49. The number of aliphatic carboxylic acids is 1. The zero-order valence-electron chi connectivity index (χ0n) is 20.6. The van der Waals surface area contributed by atoms with Gasteiger partial charge in [0.25, 0.3) is 0 Å². The van der Waals surface area contributed by atoms with E-state index in [9.17, 15) is 14.7 Å². The second-order valence-corrected chi connectivity index (χ2v) is 10.9. The second kappa shape index (κ2) is 11.2. The van der Waals surface area contributed by atoms with Crippen LogP contribution in [-0.2, 0) is 27.4 Å². The molecule has 0 aromatic heterocycles. The number of hydrogen-bond donors (Lipinski definition) is 2. The van der Waals surface area contributed by atoms with Gasteiger partial charge in [-0.3, -0.25) is 4.79 Å². The Morgan fingerprint density at radius 2 is 1.74 bits per heavy atom. The number of halogens is 2. The average molecular weight is 522 g/mol. The summed E-state index contributed by atoms with van der Waals surface area (Å²) in [4.78, 5) is 25.1. The molecule has 2 aromatic rings. The van der Waals surface area contributed by atoms with Crippen molar-refractivity contribution in [1.82, 2.24) is 5.32 Å². The number of rotatable bonds is 10. The summed E-state index contributed by atoms with van der Waals surface area (Å²) in [5.41, 5.74) is 1.01. The molecular formula is C27H33Cl2NO5. The Labute approximate surface area is 216 Å². The quantitative estimate of drug-likeness (QED) is 0.414. The van der Waals surface area contributed by atoms with Gasteiger partial charge in [0.05, 0.1) is 6.61 Å². The normalized spacial score (nSPS) is 21.9. The van der Waals surface area contributed by atoms with E-state index < -0.39 is 12.0 Å². The first-order chi connectivity index (χ1) is 16.5. The summed E-state index contributed by atoms with van der Waals surface area (Å²) in [6.07, 6.45) is 1.72. The van der Waals surface area contributed by atoms with Gasteiger partial charge in [-0.2, -0.15) is 0 Å². The minimum atomic E-state index is -1.07. The minimum absolute atomic E-state index is 0.146. The molecule has 0 spiro atoms. The number of hydrogen-bond acceptors (Lipinski definition) is 4. The maximum atomic E-state index is 13.1. The van der Waals surface area contributed by atoms with Gasteiger partial charge in [-0.05, 0) is 53.5 Å². The molecule has 35 heavy (non-hydrogen) atoms. The minimum Gasteiger partial charge on any atom is -0.489 e. The molecule has 2 N–H and O–H groups in total. The van der Waals surface area contributed by atoms with Gasteiger partial charge in [-0.15, -0.1) is 0 Å². The van der Waals surface area contributed by atoms with Crippen LogP contribution in [0.5, 0.6) is 5.75 Å². The molecule has 0 aliphatic heterocycles. The zero-order valence-corrected chi connectivity index (χ0v) is 22.1. The number of carboxylic acid groups (broad SMARTS) is 1. The van der Waals surface area contributed by atoms with Crippen LogP contribution < -0.4 is 10.1 Å². The maximum Gasteiger partial charge on any atom is 0.326 e. The standard InChI is InChI=1S/C27H33Cl2NO5/c1-26(2)20(12-13-27(26,3)16-34-4)24(31)30-23(25(32)33)14-17-8-10-18(11-9-17)35-15-19-21(28)6-5-7-22(19)29/h5-11,20,23H,12-16H2,1-4H3,(H,30,31)(H,32,33)/t20?,23-,27?/m0/s1. The monoisotopic (exact) mass is 521 g/mol. The van der Waals surface area contributed by atoms with E-state index in [2.05, 4.69) is 26.1 Å². The van der Waals surface area contributed by atoms with E-state index in [1.165, 1.54) is 0 Å². The molecule has 6 nitrogen and oxygen atoms in total. The SMILES string of the molecule is COCC1(C)CCC(C(=O)N[C@@H](Cc2ccc(OCc3c(Cl)cccc3Cl)cc2)C(=O)O)C1(C)C. The molecule has 190 valence electrons. The molecule has 1 fully saturated rings. The molecule has 1 amide bonds. The number of amides is 1. The van der Waals surface area contributed by atoms with E-state index in [1.807, 2.05) is 0 Å². The van der Waals surface area contributed by atoms with E-state index in [-0.39, 0.29) is 35.7 Å². The molecule has 0 radical (unpaired) electrons. The molecule has 0 saturated heterocycles. The van der Waals surface area contributed by atoms with Crippen molar-refractivity contribution in [3.8, 4) is 5.75 Å². The van der Waals surface area contributed by atoms with Crippen molar-refractivity contribution in [1.29, 1.82) is 0 Å². The van der Waals surface area contributed by atoms with Crippen LogP contribution in [0.4, 0.5) is 0 Å². The third-order valence-electron chi connectivity index (χ3n) is 7.61. The average Bonchev–Trinajstić information content (AvgIpc) is 3.02. The van der Waals surface area contributed by atoms with Gasteiger partial charge in [-0.1, -0.05) is 62.2 Å². The number of carbonyl (C=O) groups excluding carboxylic acids is 1. The highest BCUT2D eigenvalue weighted by atomic mass is 35.5. The number of carbonyl (C=O) groups is 2. The van der Waals surface area contributed by atoms with E-state index in [0.29, 0.717) is 34.4 Å². The highest BCUT2D eigenvalue weighted by Gasteiger charge is 2.54. The van der Waals surface area contributed by atoms with Crippen LogP contribution in [0.15, 0.2) is 42.5 Å². The van der Waals surface area contributed by atoms with Crippen molar-refractivity contribution in [2.75, 3.05) is 13.7 Å². The van der Waals surface area contributed by atoms with E-state index in [0.717, 1.165) is 12.0 Å². The Hall–Kier alpha value is -2.28. The molecule has 2 unspecified atom stereocenters. The van der Waals surface area contributed by atoms with Crippen LogP contribution in [0.2, 0.25) is 10.0 Å². The van der Waals surface area contributed by atoms with Crippen molar-refractivity contribution in [2.45, 2.75) is 52.7 Å². The van der Waals surface area contributed by atoms with E-state index in [1.54, 1.807) is 49.6 Å². The molecule has 3 atom stereocenters. The summed E-state index contributed by atoms with van der Waals surface area (Å²) >= 11 is 12.4.